The number of alkyl halides is 3. The fraction of sp³-hybridized carbons (Fsp3) is 0.105. The molecule has 1 fully saturated rings. The van der Waals surface area contributed by atoms with Crippen molar-refractivity contribution in [3.8, 4) is 11.5 Å². The number of ether oxygens (including phenoxy) is 1. The number of nitro groups is 1. The number of thiocarbonyl (C=S) groups is 1. The Bertz CT molecular complexity index is 1150. The predicted molar refractivity (Wildman–Crippen MR) is 112 cm³/mol. The number of amides is 1. The average molecular weight is 484 g/mol. The maximum absolute atomic E-state index is 12.8. The van der Waals surface area contributed by atoms with Gasteiger partial charge in [-0.1, -0.05) is 36.1 Å². The SMILES string of the molecule is O=C(O)CN1C(=O)/C(=C\c2ccc(Oc3ccc(C(F)(F)F)cc3[N+](=O)[O-])cc2)SC1=S. The van der Waals surface area contributed by atoms with Crippen LogP contribution in [-0.2, 0) is 15.8 Å². The van der Waals surface area contributed by atoms with Gasteiger partial charge in [0.1, 0.15) is 16.6 Å². The normalized spacial score (nSPS) is 15.3. The molecule has 0 aliphatic carbocycles. The Morgan fingerprint density at radius 3 is 2.47 bits per heavy atom. The van der Waals surface area contributed by atoms with Gasteiger partial charge in [0, 0.05) is 6.07 Å². The van der Waals surface area contributed by atoms with Crippen LogP contribution in [0, 0.1) is 10.1 Å². The Morgan fingerprint density at radius 1 is 1.25 bits per heavy atom. The molecule has 1 heterocycles. The number of hydrogen-bond acceptors (Lipinski definition) is 7. The molecular weight excluding hydrogens is 473 g/mol. The standard InChI is InChI=1S/C19H11F3N2O6S2/c20-19(21,22)11-3-6-14(13(8-11)24(28)29)30-12-4-1-10(2-5-12)7-15-17(27)23(9-16(25)26)18(31)32-15/h1-8H,9H2,(H,25,26)/b15-7+. The molecule has 1 N–H and O–H groups in total. The second-order valence-electron chi connectivity index (χ2n) is 6.27. The largest absolute Gasteiger partial charge is 0.480 e. The number of nitro benzene ring substituents is 1. The van der Waals surface area contributed by atoms with Crippen LogP contribution >= 0.6 is 24.0 Å². The summed E-state index contributed by atoms with van der Waals surface area (Å²) >= 11 is 5.95. The maximum Gasteiger partial charge on any atom is 0.416 e. The van der Waals surface area contributed by atoms with Crippen LogP contribution in [0.25, 0.3) is 6.08 Å². The molecule has 3 rings (SSSR count). The molecule has 1 amide bonds. The molecule has 8 nitrogen and oxygen atoms in total. The van der Waals surface area contributed by atoms with E-state index in [2.05, 4.69) is 0 Å². The predicted octanol–water partition coefficient (Wildman–Crippen LogP) is 4.69. The van der Waals surface area contributed by atoms with Crippen LogP contribution in [0.3, 0.4) is 0 Å². The fourth-order valence-electron chi connectivity index (χ4n) is 2.60. The molecule has 0 saturated carbocycles. The number of carboxylic acid groups (broad SMARTS) is 1. The van der Waals surface area contributed by atoms with E-state index in [1.807, 2.05) is 0 Å². The molecule has 2 aromatic rings. The first kappa shape index (κ1) is 23.2. The summed E-state index contributed by atoms with van der Waals surface area (Å²) in [6.07, 6.45) is -3.26. The van der Waals surface area contributed by atoms with Crippen molar-refractivity contribution < 1.29 is 37.5 Å². The van der Waals surface area contributed by atoms with Crippen molar-refractivity contribution in [2.24, 2.45) is 0 Å². The summed E-state index contributed by atoms with van der Waals surface area (Å²) in [7, 11) is 0. The second kappa shape index (κ2) is 8.96. The van der Waals surface area contributed by atoms with Crippen molar-refractivity contribution in [1.82, 2.24) is 4.90 Å². The van der Waals surface area contributed by atoms with Crippen molar-refractivity contribution in [3.63, 3.8) is 0 Å². The summed E-state index contributed by atoms with van der Waals surface area (Å²) in [5.74, 6) is -2.02. The third-order valence-electron chi connectivity index (χ3n) is 4.06. The minimum Gasteiger partial charge on any atom is -0.480 e. The van der Waals surface area contributed by atoms with Crippen LogP contribution in [0.4, 0.5) is 18.9 Å². The Hall–Kier alpha value is -3.45. The third-order valence-corrected chi connectivity index (χ3v) is 5.43. The summed E-state index contributed by atoms with van der Waals surface area (Å²) in [5.41, 5.74) is -1.49. The van der Waals surface area contributed by atoms with Gasteiger partial charge in [-0.2, -0.15) is 13.2 Å². The van der Waals surface area contributed by atoms with E-state index in [0.29, 0.717) is 17.7 Å². The second-order valence-corrected chi connectivity index (χ2v) is 7.95. The number of aliphatic carboxylic acids is 1. The van der Waals surface area contributed by atoms with E-state index in [1.54, 1.807) is 0 Å². The Kier molecular flexibility index (Phi) is 6.50. The van der Waals surface area contributed by atoms with Gasteiger partial charge in [-0.05, 0) is 35.9 Å². The Morgan fingerprint density at radius 2 is 1.91 bits per heavy atom. The molecule has 32 heavy (non-hydrogen) atoms. The van der Waals surface area contributed by atoms with Gasteiger partial charge in [-0.3, -0.25) is 24.6 Å². The molecule has 166 valence electrons. The van der Waals surface area contributed by atoms with E-state index < -0.39 is 40.8 Å². The Labute approximate surface area is 187 Å². The van der Waals surface area contributed by atoms with Crippen molar-refractivity contribution in [1.29, 1.82) is 0 Å². The molecule has 13 heteroatoms. The van der Waals surface area contributed by atoms with E-state index >= 15 is 0 Å². The molecule has 0 unspecified atom stereocenters. The highest BCUT2D eigenvalue weighted by Gasteiger charge is 2.34. The molecule has 0 radical (unpaired) electrons. The molecule has 0 bridgehead atoms. The third kappa shape index (κ3) is 5.23. The molecule has 1 saturated heterocycles. The topological polar surface area (TPSA) is 110 Å². The van der Waals surface area contributed by atoms with Gasteiger partial charge in [0.2, 0.25) is 5.75 Å². The number of carboxylic acids is 1. The summed E-state index contributed by atoms with van der Waals surface area (Å²) in [6, 6.07) is 7.77. The summed E-state index contributed by atoms with van der Waals surface area (Å²) in [4.78, 5) is 34.5. The first-order valence-corrected chi connectivity index (χ1v) is 9.79. The van der Waals surface area contributed by atoms with Crippen LogP contribution in [0.15, 0.2) is 47.4 Å². The lowest BCUT2D eigenvalue weighted by atomic mass is 10.1. The zero-order chi connectivity index (χ0) is 23.6. The number of carbonyl (C=O) groups excluding carboxylic acids is 1. The molecule has 0 aromatic heterocycles. The van der Waals surface area contributed by atoms with E-state index in [-0.39, 0.29) is 20.7 Å². The summed E-state index contributed by atoms with van der Waals surface area (Å²) < 4.78 is 43.9. The van der Waals surface area contributed by atoms with Crippen molar-refractivity contribution in [3.05, 3.63) is 68.6 Å². The van der Waals surface area contributed by atoms with Crippen LogP contribution in [0.1, 0.15) is 11.1 Å². The number of nitrogens with zero attached hydrogens (tertiary/aromatic N) is 2. The number of carbonyl (C=O) groups is 2. The molecular formula is C19H11F3N2O6S2. The summed E-state index contributed by atoms with van der Waals surface area (Å²) in [5, 5.41) is 20.0. The van der Waals surface area contributed by atoms with Gasteiger partial charge >= 0.3 is 17.8 Å². The first-order chi connectivity index (χ1) is 15.0. The number of thioether (sulfide) groups is 1. The zero-order valence-corrected chi connectivity index (χ0v) is 17.3. The van der Waals surface area contributed by atoms with Crippen molar-refractivity contribution >= 4 is 51.9 Å². The van der Waals surface area contributed by atoms with Crippen molar-refractivity contribution in [2.45, 2.75) is 6.18 Å². The van der Waals surface area contributed by atoms with Crippen LogP contribution < -0.4 is 4.74 Å². The molecule has 1 aliphatic rings. The minimum absolute atomic E-state index is 0.109. The molecule has 0 spiro atoms. The smallest absolute Gasteiger partial charge is 0.416 e. The average Bonchev–Trinajstić information content (AvgIpc) is 2.95. The number of rotatable bonds is 6. The number of halogens is 3. The summed E-state index contributed by atoms with van der Waals surface area (Å²) in [6.45, 7) is -0.555. The molecule has 2 aromatic carbocycles. The highest BCUT2D eigenvalue weighted by atomic mass is 32.2. The van der Waals surface area contributed by atoms with E-state index in [9.17, 15) is 32.9 Å². The Balaban J connectivity index is 1.79. The maximum atomic E-state index is 12.8. The highest BCUT2D eigenvalue weighted by Crippen LogP contribution is 2.38. The van der Waals surface area contributed by atoms with Crippen LogP contribution in [0.5, 0.6) is 11.5 Å². The van der Waals surface area contributed by atoms with E-state index in [0.717, 1.165) is 22.7 Å². The van der Waals surface area contributed by atoms with Gasteiger partial charge < -0.3 is 9.84 Å². The lowest BCUT2D eigenvalue weighted by molar-refractivity contribution is -0.385. The highest BCUT2D eigenvalue weighted by molar-refractivity contribution is 8.26. The quantitative estimate of drug-likeness (QED) is 0.272. The van der Waals surface area contributed by atoms with Gasteiger partial charge in [-0.25, -0.2) is 0 Å². The number of hydrogen-bond donors (Lipinski definition) is 1. The van der Waals surface area contributed by atoms with E-state index in [4.69, 9.17) is 22.1 Å². The molecule has 1 aliphatic heterocycles. The van der Waals surface area contributed by atoms with Crippen LogP contribution in [0.2, 0.25) is 0 Å². The van der Waals surface area contributed by atoms with Gasteiger partial charge in [-0.15, -0.1) is 0 Å². The zero-order valence-electron chi connectivity index (χ0n) is 15.7. The lowest BCUT2D eigenvalue weighted by Gasteiger charge is -2.10. The fourth-order valence-corrected chi connectivity index (χ4v) is 3.86. The molecule has 0 atom stereocenters. The van der Waals surface area contributed by atoms with Gasteiger partial charge in [0.25, 0.3) is 5.91 Å². The number of benzene rings is 2. The monoisotopic (exact) mass is 484 g/mol. The first-order valence-electron chi connectivity index (χ1n) is 8.56. The van der Waals surface area contributed by atoms with Gasteiger partial charge in [0.15, 0.2) is 0 Å². The van der Waals surface area contributed by atoms with Crippen molar-refractivity contribution in [2.75, 3.05) is 6.54 Å². The van der Waals surface area contributed by atoms with Crippen LogP contribution in [-0.4, -0.2) is 37.7 Å². The van der Waals surface area contributed by atoms with Gasteiger partial charge in [0.05, 0.1) is 15.4 Å². The lowest BCUT2D eigenvalue weighted by Crippen LogP contribution is -2.33. The van der Waals surface area contributed by atoms with E-state index in [1.165, 1.54) is 30.3 Å². The minimum atomic E-state index is -4.74.